The van der Waals surface area contributed by atoms with E-state index in [4.69, 9.17) is 0 Å². The molecule has 0 aliphatic rings. The van der Waals surface area contributed by atoms with Crippen LogP contribution in [0.25, 0.3) is 0 Å². The molecule has 4 nitrogen and oxygen atoms in total. The molecule has 0 heterocycles. The first-order valence-corrected chi connectivity index (χ1v) is 3.25. The summed E-state index contributed by atoms with van der Waals surface area (Å²) in [7, 11) is 0. The Morgan fingerprint density at radius 1 is 0.900 bits per heavy atom. The standard InChI is InChI=1S/C6H12N2O2/c9-5-1-3-7-8-4-2-6-10/h5-8H,1-4H2. The summed E-state index contributed by atoms with van der Waals surface area (Å²) in [4.78, 5) is 19.5. The first-order chi connectivity index (χ1) is 4.91. The highest BCUT2D eigenvalue weighted by atomic mass is 16.1. The Kier molecular flexibility index (Phi) is 7.65. The molecule has 0 rings (SSSR count). The first kappa shape index (κ1) is 9.26. The van der Waals surface area contributed by atoms with Gasteiger partial charge in [-0.2, -0.15) is 0 Å². The molecule has 0 aromatic carbocycles. The fraction of sp³-hybridized carbons (Fsp3) is 0.667. The first-order valence-electron chi connectivity index (χ1n) is 3.25. The lowest BCUT2D eigenvalue weighted by atomic mass is 10.5. The number of nitrogens with one attached hydrogen (secondary N) is 2. The van der Waals surface area contributed by atoms with Gasteiger partial charge in [-0.25, -0.2) is 0 Å². The Morgan fingerprint density at radius 2 is 1.30 bits per heavy atom. The van der Waals surface area contributed by atoms with Crippen molar-refractivity contribution >= 4 is 12.6 Å². The zero-order valence-corrected chi connectivity index (χ0v) is 5.80. The molecule has 0 aromatic heterocycles. The maximum atomic E-state index is 9.77. The maximum absolute atomic E-state index is 9.77. The highest BCUT2D eigenvalue weighted by molar-refractivity contribution is 5.49. The summed E-state index contributed by atoms with van der Waals surface area (Å²) in [5.74, 6) is 0. The van der Waals surface area contributed by atoms with E-state index in [9.17, 15) is 9.59 Å². The molecule has 58 valence electrons. The number of hydrazine groups is 1. The Balaban J connectivity index is 2.76. The second kappa shape index (κ2) is 8.26. The van der Waals surface area contributed by atoms with Gasteiger partial charge in [-0.3, -0.25) is 10.9 Å². The molecule has 0 aliphatic carbocycles. The molecule has 0 spiro atoms. The van der Waals surface area contributed by atoms with Crippen molar-refractivity contribution in [2.45, 2.75) is 12.8 Å². The fourth-order valence-electron chi connectivity index (χ4n) is 0.439. The summed E-state index contributed by atoms with van der Waals surface area (Å²) in [6.45, 7) is 1.23. The molecule has 0 saturated carbocycles. The quantitative estimate of drug-likeness (QED) is 0.281. The maximum Gasteiger partial charge on any atom is 0.121 e. The van der Waals surface area contributed by atoms with Gasteiger partial charge in [0.25, 0.3) is 0 Å². The van der Waals surface area contributed by atoms with E-state index in [0.29, 0.717) is 25.9 Å². The molecule has 0 fully saturated rings. The van der Waals surface area contributed by atoms with E-state index < -0.39 is 0 Å². The Bertz CT molecular complexity index is 83.7. The topological polar surface area (TPSA) is 58.2 Å². The van der Waals surface area contributed by atoms with Gasteiger partial charge in [0.1, 0.15) is 12.6 Å². The average Bonchev–Trinajstić information content (AvgIpc) is 1.97. The fourth-order valence-corrected chi connectivity index (χ4v) is 0.439. The van der Waals surface area contributed by atoms with Crippen LogP contribution in [-0.4, -0.2) is 25.7 Å². The van der Waals surface area contributed by atoms with Gasteiger partial charge in [-0.15, -0.1) is 0 Å². The normalized spacial score (nSPS) is 9.20. The lowest BCUT2D eigenvalue weighted by Crippen LogP contribution is -2.33. The zero-order chi connectivity index (χ0) is 7.66. The molecule has 0 aromatic rings. The van der Waals surface area contributed by atoms with E-state index in [-0.39, 0.29) is 0 Å². The molecule has 0 aliphatic heterocycles. The second-order valence-corrected chi connectivity index (χ2v) is 1.76. The highest BCUT2D eigenvalue weighted by Crippen LogP contribution is 1.65. The molecule has 4 heteroatoms. The molecule has 0 radical (unpaired) electrons. The predicted octanol–water partition coefficient (Wildman–Crippen LogP) is -0.741. The van der Waals surface area contributed by atoms with E-state index in [1.165, 1.54) is 0 Å². The number of hydrogen-bond donors (Lipinski definition) is 2. The molecule has 10 heavy (non-hydrogen) atoms. The summed E-state index contributed by atoms with van der Waals surface area (Å²) >= 11 is 0. The number of hydrogen-bond acceptors (Lipinski definition) is 4. The zero-order valence-electron chi connectivity index (χ0n) is 5.80. The van der Waals surface area contributed by atoms with Crippen LogP contribution in [0.1, 0.15) is 12.8 Å². The third-order valence-corrected chi connectivity index (χ3v) is 0.899. The third kappa shape index (κ3) is 7.26. The molecule has 0 saturated heterocycles. The largest absolute Gasteiger partial charge is 0.303 e. The molecule has 0 atom stereocenters. The van der Waals surface area contributed by atoms with Crippen LogP contribution in [0.15, 0.2) is 0 Å². The van der Waals surface area contributed by atoms with Gasteiger partial charge in [0.15, 0.2) is 0 Å². The van der Waals surface area contributed by atoms with E-state index >= 15 is 0 Å². The smallest absolute Gasteiger partial charge is 0.121 e. The molecule has 0 unspecified atom stereocenters. The Labute approximate surface area is 60.0 Å². The van der Waals surface area contributed by atoms with Crippen molar-refractivity contribution in [1.29, 1.82) is 0 Å². The minimum absolute atomic E-state index is 0.494. The van der Waals surface area contributed by atoms with Gasteiger partial charge in [-0.1, -0.05) is 0 Å². The van der Waals surface area contributed by atoms with Crippen molar-refractivity contribution in [3.05, 3.63) is 0 Å². The van der Waals surface area contributed by atoms with Gasteiger partial charge in [-0.05, 0) is 0 Å². The van der Waals surface area contributed by atoms with Crippen molar-refractivity contribution in [3.8, 4) is 0 Å². The van der Waals surface area contributed by atoms with Gasteiger partial charge in [0.2, 0.25) is 0 Å². The molecule has 2 N–H and O–H groups in total. The summed E-state index contributed by atoms with van der Waals surface area (Å²) in [5.41, 5.74) is 5.56. The summed E-state index contributed by atoms with van der Waals surface area (Å²) in [5, 5.41) is 0. The van der Waals surface area contributed by atoms with Gasteiger partial charge in [0, 0.05) is 25.9 Å². The van der Waals surface area contributed by atoms with Crippen LogP contribution in [0.2, 0.25) is 0 Å². The van der Waals surface area contributed by atoms with Crippen molar-refractivity contribution in [3.63, 3.8) is 0 Å². The van der Waals surface area contributed by atoms with Crippen LogP contribution in [0.4, 0.5) is 0 Å². The number of carbonyl (C=O) groups excluding carboxylic acids is 2. The van der Waals surface area contributed by atoms with Gasteiger partial charge in [0.05, 0.1) is 0 Å². The Morgan fingerprint density at radius 3 is 1.60 bits per heavy atom. The second-order valence-electron chi connectivity index (χ2n) is 1.76. The monoisotopic (exact) mass is 144 g/mol. The molecular weight excluding hydrogens is 132 g/mol. The van der Waals surface area contributed by atoms with Crippen molar-refractivity contribution in [2.75, 3.05) is 13.1 Å². The highest BCUT2D eigenvalue weighted by Gasteiger charge is 1.83. The van der Waals surface area contributed by atoms with Crippen molar-refractivity contribution < 1.29 is 9.59 Å². The SMILES string of the molecule is O=CCCNNCCC=O. The van der Waals surface area contributed by atoms with E-state index in [2.05, 4.69) is 10.9 Å². The van der Waals surface area contributed by atoms with Crippen LogP contribution in [0, 0.1) is 0 Å². The van der Waals surface area contributed by atoms with Gasteiger partial charge < -0.3 is 9.59 Å². The van der Waals surface area contributed by atoms with Crippen LogP contribution in [-0.2, 0) is 9.59 Å². The lowest BCUT2D eigenvalue weighted by molar-refractivity contribution is -0.108. The number of rotatable bonds is 7. The van der Waals surface area contributed by atoms with E-state index in [1.807, 2.05) is 0 Å². The van der Waals surface area contributed by atoms with Crippen LogP contribution in [0.3, 0.4) is 0 Å². The van der Waals surface area contributed by atoms with Gasteiger partial charge >= 0.3 is 0 Å². The summed E-state index contributed by atoms with van der Waals surface area (Å²) in [6.07, 6.45) is 2.67. The number of aldehydes is 2. The number of carbonyl (C=O) groups is 2. The average molecular weight is 144 g/mol. The molecule has 0 bridgehead atoms. The van der Waals surface area contributed by atoms with Crippen LogP contribution >= 0.6 is 0 Å². The lowest BCUT2D eigenvalue weighted by Gasteiger charge is -2.00. The minimum Gasteiger partial charge on any atom is -0.303 e. The third-order valence-electron chi connectivity index (χ3n) is 0.899. The summed E-state index contributed by atoms with van der Waals surface area (Å²) < 4.78 is 0. The van der Waals surface area contributed by atoms with Crippen LogP contribution in [0.5, 0.6) is 0 Å². The summed E-state index contributed by atoms with van der Waals surface area (Å²) in [6, 6.07) is 0. The predicted molar refractivity (Wildman–Crippen MR) is 37.4 cm³/mol. The minimum atomic E-state index is 0.494. The van der Waals surface area contributed by atoms with Crippen molar-refractivity contribution in [2.24, 2.45) is 0 Å². The molecule has 0 amide bonds. The Hall–Kier alpha value is -0.740. The van der Waals surface area contributed by atoms with Crippen molar-refractivity contribution in [1.82, 2.24) is 10.9 Å². The van der Waals surface area contributed by atoms with E-state index in [1.54, 1.807) is 0 Å². The van der Waals surface area contributed by atoms with E-state index in [0.717, 1.165) is 12.6 Å². The van der Waals surface area contributed by atoms with Crippen LogP contribution < -0.4 is 10.9 Å². The molecular formula is C6H12N2O2.